The Kier molecular flexibility index (Phi) is 8.17. The first-order valence-corrected chi connectivity index (χ1v) is 9.87. The normalized spacial score (nSPS) is 18.8. The lowest BCUT2D eigenvalue weighted by atomic mass is 10.2. The highest BCUT2D eigenvalue weighted by atomic mass is 35.5. The average Bonchev–Trinajstić information content (AvgIpc) is 2.52. The fourth-order valence-electron chi connectivity index (χ4n) is 2.62. The molecular formula is C17H24Cl2N2O2S. The van der Waals surface area contributed by atoms with Gasteiger partial charge < -0.3 is 10.1 Å². The van der Waals surface area contributed by atoms with Crippen molar-refractivity contribution in [3.63, 3.8) is 0 Å². The summed E-state index contributed by atoms with van der Waals surface area (Å²) in [5.41, 5.74) is 0. The minimum absolute atomic E-state index is 0.0411. The zero-order valence-corrected chi connectivity index (χ0v) is 16.4. The zero-order valence-electron chi connectivity index (χ0n) is 14.1. The van der Waals surface area contributed by atoms with Crippen molar-refractivity contribution in [2.45, 2.75) is 24.8 Å². The quantitative estimate of drug-likeness (QED) is 0.722. The first-order chi connectivity index (χ1) is 11.5. The van der Waals surface area contributed by atoms with Gasteiger partial charge in [-0.15, -0.1) is 11.8 Å². The molecule has 1 unspecified atom stereocenters. The Morgan fingerprint density at radius 1 is 1.42 bits per heavy atom. The number of rotatable bonds is 7. The molecule has 1 fully saturated rings. The molecule has 1 atom stereocenters. The Balaban J connectivity index is 1.73. The molecule has 1 aliphatic heterocycles. The molecule has 0 aromatic heterocycles. The summed E-state index contributed by atoms with van der Waals surface area (Å²) in [5.74, 6) is 0.877. The molecule has 0 aliphatic carbocycles. The molecule has 1 aromatic carbocycles. The highest BCUT2D eigenvalue weighted by molar-refractivity contribution is 8.00. The van der Waals surface area contributed by atoms with Gasteiger partial charge in [0.05, 0.1) is 28.5 Å². The third-order valence-electron chi connectivity index (χ3n) is 3.64. The lowest BCUT2D eigenvalue weighted by Gasteiger charge is -2.33. The Labute approximate surface area is 158 Å². The molecule has 1 heterocycles. The van der Waals surface area contributed by atoms with Crippen LogP contribution in [0.1, 0.15) is 13.8 Å². The molecular weight excluding hydrogens is 367 g/mol. The summed E-state index contributed by atoms with van der Waals surface area (Å²) in [6, 6.07) is 5.33. The van der Waals surface area contributed by atoms with Crippen LogP contribution in [-0.4, -0.2) is 55.4 Å². The predicted molar refractivity (Wildman–Crippen MR) is 101 cm³/mol. The van der Waals surface area contributed by atoms with E-state index < -0.39 is 0 Å². The van der Waals surface area contributed by atoms with Gasteiger partial charge in [-0.1, -0.05) is 43.1 Å². The Hall–Kier alpha value is -0.460. The van der Waals surface area contributed by atoms with E-state index in [-0.39, 0.29) is 17.8 Å². The van der Waals surface area contributed by atoms with Crippen LogP contribution < -0.4 is 5.32 Å². The number of nitrogens with zero attached hydrogens (tertiary/aromatic N) is 1. The summed E-state index contributed by atoms with van der Waals surface area (Å²) in [6.45, 7) is 8.56. The monoisotopic (exact) mass is 390 g/mol. The minimum atomic E-state index is -0.0411. The van der Waals surface area contributed by atoms with Gasteiger partial charge in [-0.3, -0.25) is 9.69 Å². The number of hydrogen-bond acceptors (Lipinski definition) is 4. The van der Waals surface area contributed by atoms with E-state index >= 15 is 0 Å². The van der Waals surface area contributed by atoms with E-state index in [0.717, 1.165) is 31.1 Å². The van der Waals surface area contributed by atoms with Crippen LogP contribution in [0.2, 0.25) is 10.0 Å². The number of carbonyl (C=O) groups excluding carboxylic acids is 1. The van der Waals surface area contributed by atoms with Gasteiger partial charge in [0.2, 0.25) is 5.91 Å². The molecule has 0 saturated carbocycles. The highest BCUT2D eigenvalue weighted by Gasteiger charge is 2.21. The van der Waals surface area contributed by atoms with Crippen LogP contribution >= 0.6 is 35.0 Å². The SMILES string of the molecule is CC(C)CN1CCOC(CNC(=O)CSc2c(Cl)cccc2Cl)C1. The molecule has 0 spiro atoms. The van der Waals surface area contributed by atoms with Gasteiger partial charge >= 0.3 is 0 Å². The van der Waals surface area contributed by atoms with Crippen molar-refractivity contribution < 1.29 is 9.53 Å². The molecule has 134 valence electrons. The van der Waals surface area contributed by atoms with Crippen LogP contribution in [0.3, 0.4) is 0 Å². The Bertz CT molecular complexity index is 537. The maximum Gasteiger partial charge on any atom is 0.230 e. The summed E-state index contributed by atoms with van der Waals surface area (Å²) < 4.78 is 5.74. The summed E-state index contributed by atoms with van der Waals surface area (Å²) in [5, 5.41) is 4.08. The number of morpholine rings is 1. The summed E-state index contributed by atoms with van der Waals surface area (Å²) in [7, 11) is 0. The number of carbonyl (C=O) groups is 1. The third-order valence-corrected chi connectivity index (χ3v) is 5.63. The Morgan fingerprint density at radius 2 is 2.12 bits per heavy atom. The van der Waals surface area contributed by atoms with Gasteiger partial charge in [-0.2, -0.15) is 0 Å². The predicted octanol–water partition coefficient (Wildman–Crippen LogP) is 3.56. The van der Waals surface area contributed by atoms with Crippen molar-refractivity contribution in [1.29, 1.82) is 0 Å². The Morgan fingerprint density at radius 3 is 2.79 bits per heavy atom. The highest BCUT2D eigenvalue weighted by Crippen LogP contribution is 2.33. The van der Waals surface area contributed by atoms with E-state index in [1.165, 1.54) is 11.8 Å². The molecule has 1 aliphatic rings. The number of halogens is 2. The van der Waals surface area contributed by atoms with Crippen LogP contribution in [0, 0.1) is 5.92 Å². The first-order valence-electron chi connectivity index (χ1n) is 8.13. The van der Waals surface area contributed by atoms with Gasteiger partial charge in [0.15, 0.2) is 0 Å². The maximum atomic E-state index is 12.1. The molecule has 0 bridgehead atoms. The lowest BCUT2D eigenvalue weighted by Crippen LogP contribution is -2.48. The van der Waals surface area contributed by atoms with Crippen molar-refractivity contribution >= 4 is 40.9 Å². The molecule has 7 heteroatoms. The molecule has 1 aromatic rings. The molecule has 1 amide bonds. The number of ether oxygens (including phenoxy) is 1. The standard InChI is InChI=1S/C17H24Cl2N2O2S/c1-12(2)9-21-6-7-23-13(10-21)8-20-16(22)11-24-17-14(18)4-3-5-15(17)19/h3-5,12-13H,6-11H2,1-2H3,(H,20,22). The first kappa shape index (κ1) is 19.9. The van der Waals surface area contributed by atoms with Gasteiger partial charge in [0, 0.05) is 31.1 Å². The van der Waals surface area contributed by atoms with Crippen LogP contribution in [-0.2, 0) is 9.53 Å². The van der Waals surface area contributed by atoms with Gasteiger partial charge in [0.25, 0.3) is 0 Å². The molecule has 0 radical (unpaired) electrons. The van der Waals surface area contributed by atoms with Crippen LogP contribution in [0.15, 0.2) is 23.1 Å². The molecule has 4 nitrogen and oxygen atoms in total. The smallest absolute Gasteiger partial charge is 0.230 e. The van der Waals surface area contributed by atoms with Gasteiger partial charge in [-0.05, 0) is 18.1 Å². The molecule has 2 rings (SSSR count). The van der Waals surface area contributed by atoms with E-state index in [4.69, 9.17) is 27.9 Å². The summed E-state index contributed by atoms with van der Waals surface area (Å²) in [6.07, 6.45) is 0.0513. The minimum Gasteiger partial charge on any atom is -0.374 e. The van der Waals surface area contributed by atoms with Crippen LogP contribution in [0.4, 0.5) is 0 Å². The number of benzene rings is 1. The van der Waals surface area contributed by atoms with E-state index in [2.05, 4.69) is 24.1 Å². The number of nitrogens with one attached hydrogen (secondary N) is 1. The topological polar surface area (TPSA) is 41.6 Å². The zero-order chi connectivity index (χ0) is 17.5. The lowest BCUT2D eigenvalue weighted by molar-refractivity contribution is -0.119. The van der Waals surface area contributed by atoms with Gasteiger partial charge in [-0.25, -0.2) is 0 Å². The molecule has 1 saturated heterocycles. The summed E-state index contributed by atoms with van der Waals surface area (Å²) in [4.78, 5) is 15.2. The van der Waals surface area contributed by atoms with Crippen molar-refractivity contribution in [1.82, 2.24) is 10.2 Å². The second-order valence-corrected chi connectivity index (χ2v) is 8.09. The average molecular weight is 391 g/mol. The van der Waals surface area contributed by atoms with Crippen molar-refractivity contribution in [3.8, 4) is 0 Å². The van der Waals surface area contributed by atoms with Crippen molar-refractivity contribution in [3.05, 3.63) is 28.2 Å². The van der Waals surface area contributed by atoms with Gasteiger partial charge in [0.1, 0.15) is 0 Å². The van der Waals surface area contributed by atoms with Crippen LogP contribution in [0.5, 0.6) is 0 Å². The van der Waals surface area contributed by atoms with E-state index in [9.17, 15) is 4.79 Å². The second kappa shape index (κ2) is 9.88. The van der Waals surface area contributed by atoms with Crippen LogP contribution in [0.25, 0.3) is 0 Å². The summed E-state index contributed by atoms with van der Waals surface area (Å²) >= 11 is 13.6. The number of amides is 1. The third kappa shape index (κ3) is 6.45. The second-order valence-electron chi connectivity index (χ2n) is 6.29. The van der Waals surface area contributed by atoms with Crippen molar-refractivity contribution in [2.24, 2.45) is 5.92 Å². The van der Waals surface area contributed by atoms with E-state index in [1.807, 2.05) is 0 Å². The van der Waals surface area contributed by atoms with E-state index in [1.54, 1.807) is 18.2 Å². The number of hydrogen-bond donors (Lipinski definition) is 1. The van der Waals surface area contributed by atoms with E-state index in [0.29, 0.717) is 22.5 Å². The maximum absolute atomic E-state index is 12.1. The molecule has 24 heavy (non-hydrogen) atoms. The molecule has 1 N–H and O–H groups in total. The number of thioether (sulfide) groups is 1. The van der Waals surface area contributed by atoms with Crippen molar-refractivity contribution in [2.75, 3.05) is 38.5 Å². The fourth-order valence-corrected chi connectivity index (χ4v) is 4.14. The largest absolute Gasteiger partial charge is 0.374 e. The fraction of sp³-hybridized carbons (Fsp3) is 0.588.